The van der Waals surface area contributed by atoms with Gasteiger partial charge in [-0.25, -0.2) is 0 Å². The van der Waals surface area contributed by atoms with Crippen LogP contribution < -0.4 is 10.6 Å². The summed E-state index contributed by atoms with van der Waals surface area (Å²) in [5.41, 5.74) is 0. The van der Waals surface area contributed by atoms with Crippen LogP contribution in [-0.4, -0.2) is 25.0 Å². The second-order valence-corrected chi connectivity index (χ2v) is 6.20. The molecule has 0 aromatic carbocycles. The third-order valence-electron chi connectivity index (χ3n) is 5.33. The minimum Gasteiger partial charge on any atom is -0.355 e. The van der Waals surface area contributed by atoms with Gasteiger partial charge in [-0.15, -0.1) is 0 Å². The van der Waals surface area contributed by atoms with Gasteiger partial charge >= 0.3 is 0 Å². The van der Waals surface area contributed by atoms with Gasteiger partial charge in [0.05, 0.1) is 0 Å². The zero-order valence-corrected chi connectivity index (χ0v) is 10.7. The van der Waals surface area contributed by atoms with Crippen molar-refractivity contribution in [1.29, 1.82) is 0 Å². The molecule has 3 saturated carbocycles. The molecule has 3 fully saturated rings. The summed E-state index contributed by atoms with van der Waals surface area (Å²) in [5, 5.41) is 6.52. The van der Waals surface area contributed by atoms with Crippen LogP contribution in [0.5, 0.6) is 0 Å². The van der Waals surface area contributed by atoms with Crippen LogP contribution in [0, 0.1) is 23.7 Å². The number of fused-ring (bicyclic) bond motifs is 5. The maximum atomic E-state index is 10.8. The molecule has 3 heteroatoms. The maximum Gasteiger partial charge on any atom is 0.216 e. The van der Waals surface area contributed by atoms with Crippen molar-refractivity contribution in [2.45, 2.75) is 45.1 Å². The van der Waals surface area contributed by atoms with E-state index in [-0.39, 0.29) is 5.91 Å². The van der Waals surface area contributed by atoms with Crippen molar-refractivity contribution in [3.8, 4) is 0 Å². The predicted octanol–water partition coefficient (Wildman–Crippen LogP) is 1.54. The number of rotatable bonds is 4. The van der Waals surface area contributed by atoms with E-state index in [9.17, 15) is 4.79 Å². The highest BCUT2D eigenvalue weighted by molar-refractivity contribution is 5.72. The molecule has 17 heavy (non-hydrogen) atoms. The minimum absolute atomic E-state index is 0.0793. The van der Waals surface area contributed by atoms with Gasteiger partial charge in [-0.1, -0.05) is 6.42 Å². The highest BCUT2D eigenvalue weighted by atomic mass is 16.1. The van der Waals surface area contributed by atoms with Crippen LogP contribution >= 0.6 is 0 Å². The van der Waals surface area contributed by atoms with Crippen LogP contribution in [0.1, 0.15) is 39.0 Å². The van der Waals surface area contributed by atoms with Crippen molar-refractivity contribution < 1.29 is 4.79 Å². The molecule has 3 aliphatic rings. The molecule has 0 aliphatic heterocycles. The number of carbonyl (C=O) groups is 1. The monoisotopic (exact) mass is 236 g/mol. The van der Waals surface area contributed by atoms with Gasteiger partial charge < -0.3 is 10.6 Å². The van der Waals surface area contributed by atoms with E-state index in [0.29, 0.717) is 0 Å². The van der Waals surface area contributed by atoms with Gasteiger partial charge in [-0.2, -0.15) is 0 Å². The third kappa shape index (κ3) is 2.10. The number of hydrogen-bond acceptors (Lipinski definition) is 2. The molecule has 5 atom stereocenters. The molecule has 0 saturated heterocycles. The quantitative estimate of drug-likeness (QED) is 0.727. The highest BCUT2D eigenvalue weighted by Crippen LogP contribution is 2.58. The van der Waals surface area contributed by atoms with E-state index in [1.165, 1.54) is 32.1 Å². The molecule has 0 aromatic rings. The van der Waals surface area contributed by atoms with Crippen molar-refractivity contribution in [2.75, 3.05) is 13.1 Å². The molecule has 1 amide bonds. The van der Waals surface area contributed by atoms with Gasteiger partial charge in [0.25, 0.3) is 0 Å². The van der Waals surface area contributed by atoms with E-state index in [0.717, 1.165) is 42.8 Å². The topological polar surface area (TPSA) is 41.1 Å². The van der Waals surface area contributed by atoms with Crippen LogP contribution in [0.15, 0.2) is 0 Å². The van der Waals surface area contributed by atoms with E-state index in [4.69, 9.17) is 0 Å². The summed E-state index contributed by atoms with van der Waals surface area (Å²) in [6.07, 6.45) is 7.33. The van der Waals surface area contributed by atoms with Crippen LogP contribution in [-0.2, 0) is 4.79 Å². The molecule has 0 spiro atoms. The lowest BCUT2D eigenvalue weighted by Crippen LogP contribution is -2.42. The smallest absolute Gasteiger partial charge is 0.216 e. The molecule has 3 aliphatic carbocycles. The predicted molar refractivity (Wildman–Crippen MR) is 67.5 cm³/mol. The van der Waals surface area contributed by atoms with E-state index >= 15 is 0 Å². The third-order valence-corrected chi connectivity index (χ3v) is 5.33. The molecular formula is C14H24N2O. The van der Waals surface area contributed by atoms with Gasteiger partial charge in [-0.3, -0.25) is 4.79 Å². The van der Waals surface area contributed by atoms with E-state index in [1.807, 2.05) is 0 Å². The average molecular weight is 236 g/mol. The second kappa shape index (κ2) is 4.60. The largest absolute Gasteiger partial charge is 0.355 e. The Morgan fingerprint density at radius 3 is 2.76 bits per heavy atom. The molecule has 5 unspecified atom stereocenters. The lowest BCUT2D eigenvalue weighted by molar-refractivity contribution is -0.118. The Hall–Kier alpha value is -0.570. The fourth-order valence-corrected chi connectivity index (χ4v) is 4.80. The van der Waals surface area contributed by atoms with Crippen LogP contribution in [0.3, 0.4) is 0 Å². The first kappa shape index (κ1) is 11.5. The van der Waals surface area contributed by atoms with Gasteiger partial charge in [-0.05, 0) is 49.4 Å². The first-order valence-corrected chi connectivity index (χ1v) is 7.23. The summed E-state index contributed by atoms with van der Waals surface area (Å²) in [6.45, 7) is 3.29. The van der Waals surface area contributed by atoms with Gasteiger partial charge in [0, 0.05) is 26.1 Å². The molecule has 96 valence electrons. The number of hydrogen-bond donors (Lipinski definition) is 2. The second-order valence-electron chi connectivity index (χ2n) is 6.20. The molecular weight excluding hydrogens is 212 g/mol. The molecule has 2 N–H and O–H groups in total. The maximum absolute atomic E-state index is 10.8. The Morgan fingerprint density at radius 1 is 1.12 bits per heavy atom. The summed E-state index contributed by atoms with van der Waals surface area (Å²) >= 11 is 0. The fraction of sp³-hybridized carbons (Fsp3) is 0.929. The lowest BCUT2D eigenvalue weighted by atomic mass is 9.79. The van der Waals surface area contributed by atoms with E-state index in [2.05, 4.69) is 10.6 Å². The SMILES string of the molecule is CC(=O)NCCNC1CC2CC1C1CCCC21. The van der Waals surface area contributed by atoms with Crippen molar-refractivity contribution in [3.05, 3.63) is 0 Å². The van der Waals surface area contributed by atoms with Gasteiger partial charge in [0.2, 0.25) is 5.91 Å². The van der Waals surface area contributed by atoms with Crippen LogP contribution in [0.2, 0.25) is 0 Å². The summed E-state index contributed by atoms with van der Waals surface area (Å²) in [5.74, 6) is 4.16. The van der Waals surface area contributed by atoms with Crippen molar-refractivity contribution in [3.63, 3.8) is 0 Å². The Labute approximate surface area is 104 Å². The van der Waals surface area contributed by atoms with Crippen molar-refractivity contribution in [2.24, 2.45) is 23.7 Å². The highest BCUT2D eigenvalue weighted by Gasteiger charge is 2.53. The Balaban J connectivity index is 1.46. The van der Waals surface area contributed by atoms with Gasteiger partial charge in [0.1, 0.15) is 0 Å². The summed E-state index contributed by atoms with van der Waals surface area (Å²) in [6, 6.07) is 0.744. The summed E-state index contributed by atoms with van der Waals surface area (Å²) in [4.78, 5) is 10.8. The number of nitrogens with one attached hydrogen (secondary N) is 2. The molecule has 3 nitrogen and oxygen atoms in total. The minimum atomic E-state index is 0.0793. The zero-order chi connectivity index (χ0) is 11.8. The van der Waals surface area contributed by atoms with Crippen molar-refractivity contribution >= 4 is 5.91 Å². The van der Waals surface area contributed by atoms with Crippen LogP contribution in [0.4, 0.5) is 0 Å². The Morgan fingerprint density at radius 2 is 1.94 bits per heavy atom. The molecule has 0 aromatic heterocycles. The normalized spacial score (nSPS) is 42.8. The zero-order valence-electron chi connectivity index (χ0n) is 10.7. The van der Waals surface area contributed by atoms with E-state index in [1.54, 1.807) is 6.92 Å². The standard InChI is InChI=1S/C14H24N2O/c1-9(17)15-5-6-16-14-8-10-7-13(14)12-4-2-3-11(10)12/h10-14,16H,2-8H2,1H3,(H,15,17). The van der Waals surface area contributed by atoms with Gasteiger partial charge in [0.15, 0.2) is 0 Å². The molecule has 0 radical (unpaired) electrons. The Bertz CT molecular complexity index is 305. The van der Waals surface area contributed by atoms with E-state index < -0.39 is 0 Å². The average Bonchev–Trinajstić information content (AvgIpc) is 2.95. The summed E-state index contributed by atoms with van der Waals surface area (Å²) in [7, 11) is 0. The van der Waals surface area contributed by atoms with Crippen LogP contribution in [0.25, 0.3) is 0 Å². The lowest BCUT2D eigenvalue weighted by Gasteiger charge is -2.32. The first-order chi connectivity index (χ1) is 8.25. The molecule has 0 heterocycles. The first-order valence-electron chi connectivity index (χ1n) is 7.23. The summed E-state index contributed by atoms with van der Waals surface area (Å²) < 4.78 is 0. The number of carbonyl (C=O) groups excluding carboxylic acids is 1. The number of amides is 1. The van der Waals surface area contributed by atoms with Crippen molar-refractivity contribution in [1.82, 2.24) is 10.6 Å². The molecule has 3 rings (SSSR count). The fourth-order valence-electron chi connectivity index (χ4n) is 4.80. The molecule has 2 bridgehead atoms. The Kier molecular flexibility index (Phi) is 3.12.